The van der Waals surface area contributed by atoms with Gasteiger partial charge in [0.25, 0.3) is 0 Å². The Bertz CT molecular complexity index is 515. The molecule has 2 heterocycles. The fourth-order valence-electron chi connectivity index (χ4n) is 6.07. The minimum Gasteiger partial charge on any atom is -0.369 e. The monoisotopic (exact) mass is 347 g/mol. The van der Waals surface area contributed by atoms with E-state index in [4.69, 9.17) is 5.73 Å². The van der Waals surface area contributed by atoms with Crippen LogP contribution < -0.4 is 5.73 Å². The van der Waals surface area contributed by atoms with Gasteiger partial charge in [-0.05, 0) is 75.7 Å². The second kappa shape index (κ2) is 7.26. The van der Waals surface area contributed by atoms with Gasteiger partial charge >= 0.3 is 0 Å². The van der Waals surface area contributed by atoms with Crippen molar-refractivity contribution in [3.05, 3.63) is 0 Å². The van der Waals surface area contributed by atoms with Crippen LogP contribution in [0.5, 0.6) is 0 Å². The molecule has 4 rings (SSSR count). The summed E-state index contributed by atoms with van der Waals surface area (Å²) in [5.74, 6) is 2.92. The fourth-order valence-corrected chi connectivity index (χ4v) is 6.07. The van der Waals surface area contributed by atoms with E-state index in [0.717, 1.165) is 37.1 Å². The lowest BCUT2D eigenvalue weighted by Crippen LogP contribution is -2.47. The number of nitrogens with two attached hydrogens (primary N) is 1. The van der Waals surface area contributed by atoms with Gasteiger partial charge in [-0.25, -0.2) is 0 Å². The number of nitrogens with zero attached hydrogens (tertiary/aromatic N) is 2. The molecule has 0 aromatic heterocycles. The first-order valence-electron chi connectivity index (χ1n) is 10.4. The molecule has 2 saturated carbocycles. The number of fused-ring (bicyclic) bond motifs is 2. The minimum atomic E-state index is -0.211. The van der Waals surface area contributed by atoms with Gasteiger partial charge in [-0.2, -0.15) is 0 Å². The molecule has 0 spiro atoms. The van der Waals surface area contributed by atoms with Crippen molar-refractivity contribution in [1.82, 2.24) is 9.80 Å². The number of hydrogen-bond donors (Lipinski definition) is 1. The van der Waals surface area contributed by atoms with Crippen LogP contribution in [0.15, 0.2) is 0 Å². The number of rotatable bonds is 5. The van der Waals surface area contributed by atoms with Crippen LogP contribution in [0.2, 0.25) is 0 Å². The smallest absolute Gasteiger partial charge is 0.236 e. The van der Waals surface area contributed by atoms with Crippen molar-refractivity contribution in [2.75, 3.05) is 26.2 Å². The zero-order chi connectivity index (χ0) is 17.4. The van der Waals surface area contributed by atoms with Crippen LogP contribution in [0.25, 0.3) is 0 Å². The van der Waals surface area contributed by atoms with E-state index >= 15 is 0 Å². The summed E-state index contributed by atoms with van der Waals surface area (Å²) in [6.07, 6.45) is 11.1. The maximum absolute atomic E-state index is 12.7. The van der Waals surface area contributed by atoms with Crippen LogP contribution in [0, 0.1) is 23.7 Å². The summed E-state index contributed by atoms with van der Waals surface area (Å²) in [7, 11) is 0. The number of hydrogen-bond acceptors (Lipinski definition) is 3. The second-order valence-corrected chi connectivity index (χ2v) is 8.99. The number of primary amides is 1. The third-order valence-electron chi connectivity index (χ3n) is 7.55. The van der Waals surface area contributed by atoms with Crippen molar-refractivity contribution in [3.63, 3.8) is 0 Å². The second-order valence-electron chi connectivity index (χ2n) is 8.99. The first-order valence-corrected chi connectivity index (χ1v) is 10.4. The van der Waals surface area contributed by atoms with Crippen molar-refractivity contribution in [1.29, 1.82) is 0 Å². The molecule has 2 saturated heterocycles. The predicted molar refractivity (Wildman–Crippen MR) is 96.6 cm³/mol. The molecule has 0 radical (unpaired) electrons. The van der Waals surface area contributed by atoms with E-state index in [1.165, 1.54) is 44.9 Å². The highest BCUT2D eigenvalue weighted by Gasteiger charge is 2.41. The average Bonchev–Trinajstić information content (AvgIpc) is 3.33. The molecule has 5 heteroatoms. The lowest BCUT2D eigenvalue weighted by molar-refractivity contribution is -0.136. The van der Waals surface area contributed by atoms with E-state index in [9.17, 15) is 9.59 Å². The highest BCUT2D eigenvalue weighted by Crippen LogP contribution is 2.50. The van der Waals surface area contributed by atoms with Gasteiger partial charge in [-0.15, -0.1) is 0 Å². The summed E-state index contributed by atoms with van der Waals surface area (Å²) in [6, 6.07) is 0.622. The first kappa shape index (κ1) is 17.3. The molecular formula is C20H33N3O2. The van der Waals surface area contributed by atoms with E-state index in [1.54, 1.807) is 0 Å². The van der Waals surface area contributed by atoms with Crippen molar-refractivity contribution >= 4 is 11.8 Å². The van der Waals surface area contributed by atoms with Crippen LogP contribution in [0.1, 0.15) is 57.8 Å². The van der Waals surface area contributed by atoms with Gasteiger partial charge in [0.2, 0.25) is 11.8 Å². The van der Waals surface area contributed by atoms with Gasteiger partial charge in [0.15, 0.2) is 0 Å². The molecule has 25 heavy (non-hydrogen) atoms. The highest BCUT2D eigenvalue weighted by atomic mass is 16.2. The predicted octanol–water partition coefficient (Wildman–Crippen LogP) is 2.00. The summed E-state index contributed by atoms with van der Waals surface area (Å²) in [4.78, 5) is 28.4. The van der Waals surface area contributed by atoms with Crippen molar-refractivity contribution in [2.24, 2.45) is 29.4 Å². The molecule has 140 valence electrons. The van der Waals surface area contributed by atoms with Gasteiger partial charge in [0, 0.05) is 25.0 Å². The van der Waals surface area contributed by atoms with Crippen LogP contribution in [0.3, 0.4) is 0 Å². The van der Waals surface area contributed by atoms with E-state index < -0.39 is 0 Å². The van der Waals surface area contributed by atoms with Crippen molar-refractivity contribution in [2.45, 2.75) is 63.8 Å². The Hall–Kier alpha value is -1.10. The Kier molecular flexibility index (Phi) is 5.03. The molecule has 5 nitrogen and oxygen atoms in total. The normalized spacial score (nSPS) is 36.2. The minimum absolute atomic E-state index is 0.0404. The van der Waals surface area contributed by atoms with Gasteiger partial charge in [0.1, 0.15) is 0 Å². The molecule has 0 aromatic rings. The summed E-state index contributed by atoms with van der Waals surface area (Å²) < 4.78 is 0. The fraction of sp³-hybridized carbons (Fsp3) is 0.900. The largest absolute Gasteiger partial charge is 0.369 e. The number of likely N-dealkylation sites (tertiary alicyclic amines) is 2. The molecule has 0 aromatic carbocycles. The molecule has 2 aliphatic carbocycles. The maximum atomic E-state index is 12.7. The lowest BCUT2D eigenvalue weighted by atomic mass is 9.84. The molecule has 4 atom stereocenters. The third kappa shape index (κ3) is 3.71. The van der Waals surface area contributed by atoms with E-state index in [1.807, 2.05) is 4.90 Å². The van der Waals surface area contributed by atoms with Gasteiger partial charge in [-0.1, -0.05) is 6.42 Å². The van der Waals surface area contributed by atoms with E-state index in [0.29, 0.717) is 25.7 Å². The summed E-state index contributed by atoms with van der Waals surface area (Å²) in [6.45, 7) is 3.04. The van der Waals surface area contributed by atoms with Gasteiger partial charge in [0.05, 0.1) is 6.54 Å². The Labute approximate surface area is 151 Å². The summed E-state index contributed by atoms with van der Waals surface area (Å²) in [5.41, 5.74) is 5.39. The Morgan fingerprint density at radius 3 is 2.40 bits per heavy atom. The molecule has 2 aliphatic heterocycles. The Balaban J connectivity index is 1.26. The number of carbonyl (C=O) groups excluding carboxylic acids is 2. The molecule has 2 bridgehead atoms. The number of piperidine rings is 1. The van der Waals surface area contributed by atoms with Crippen molar-refractivity contribution in [3.8, 4) is 0 Å². The SMILES string of the molecule is NC(=O)C1CCN(C(=O)CN2CCCC2CC2CC3CCC2C3)CC1. The topological polar surface area (TPSA) is 66.6 Å². The average molecular weight is 348 g/mol. The zero-order valence-electron chi connectivity index (χ0n) is 15.4. The Morgan fingerprint density at radius 2 is 1.76 bits per heavy atom. The molecule has 4 aliphatic rings. The van der Waals surface area contributed by atoms with Crippen molar-refractivity contribution < 1.29 is 9.59 Å². The van der Waals surface area contributed by atoms with Crippen LogP contribution in [0.4, 0.5) is 0 Å². The maximum Gasteiger partial charge on any atom is 0.236 e. The van der Waals surface area contributed by atoms with Gasteiger partial charge < -0.3 is 10.6 Å². The van der Waals surface area contributed by atoms with E-state index in [-0.39, 0.29) is 17.7 Å². The van der Waals surface area contributed by atoms with Crippen LogP contribution in [-0.2, 0) is 9.59 Å². The lowest BCUT2D eigenvalue weighted by Gasteiger charge is -2.34. The molecule has 2 N–H and O–H groups in total. The molecule has 2 amide bonds. The third-order valence-corrected chi connectivity index (χ3v) is 7.55. The van der Waals surface area contributed by atoms with E-state index in [2.05, 4.69) is 4.90 Å². The summed E-state index contributed by atoms with van der Waals surface area (Å²) >= 11 is 0. The molecular weight excluding hydrogens is 314 g/mol. The molecule has 4 unspecified atom stereocenters. The first-order chi connectivity index (χ1) is 12.1. The van der Waals surface area contributed by atoms with Gasteiger partial charge in [-0.3, -0.25) is 14.5 Å². The zero-order valence-corrected chi connectivity index (χ0v) is 15.4. The quantitative estimate of drug-likeness (QED) is 0.827. The molecule has 4 fully saturated rings. The summed E-state index contributed by atoms with van der Waals surface area (Å²) in [5, 5.41) is 0. The standard InChI is InChI=1S/C20H33N3O2/c21-20(25)15-5-8-22(9-6-15)19(24)13-23-7-1-2-18(23)12-17-11-14-3-4-16(17)10-14/h14-18H,1-13H2,(H2,21,25). The van der Waals surface area contributed by atoms with Crippen LogP contribution >= 0.6 is 0 Å². The highest BCUT2D eigenvalue weighted by molar-refractivity contribution is 5.80. The number of amides is 2. The Morgan fingerprint density at radius 1 is 0.960 bits per heavy atom. The van der Waals surface area contributed by atoms with Crippen LogP contribution in [-0.4, -0.2) is 53.8 Å². The number of carbonyl (C=O) groups is 2.